The fourth-order valence-corrected chi connectivity index (χ4v) is 9.93. The number of benzene rings is 6. The molecular formula is C84H122O10. The largest absolute Gasteiger partial charge is 0.508 e. The molecule has 8 N–H and O–H groups in total. The zero-order valence-corrected chi connectivity index (χ0v) is 61.3. The molecule has 0 aromatic heterocycles. The molecule has 0 saturated carbocycles. The number of methoxy groups -OCH3 is 1. The summed E-state index contributed by atoms with van der Waals surface area (Å²) >= 11 is 0. The molecule has 10 heteroatoms. The number of allylic oxidation sites excluding steroid dienone is 7. The molecule has 518 valence electrons. The van der Waals surface area contributed by atoms with Gasteiger partial charge in [0.2, 0.25) is 0 Å². The van der Waals surface area contributed by atoms with Gasteiger partial charge in [-0.15, -0.1) is 0 Å². The third kappa shape index (κ3) is 38.0. The molecule has 2 unspecified atom stereocenters. The molecule has 94 heavy (non-hydrogen) atoms. The minimum Gasteiger partial charge on any atom is -0.508 e. The summed E-state index contributed by atoms with van der Waals surface area (Å²) in [6, 6.07) is 35.6. The summed E-state index contributed by atoms with van der Waals surface area (Å²) in [7, 11) is 1.60. The number of rotatable bonds is 24. The van der Waals surface area contributed by atoms with E-state index in [0.29, 0.717) is 52.3 Å². The lowest BCUT2D eigenvalue weighted by Gasteiger charge is -2.25. The van der Waals surface area contributed by atoms with Crippen LogP contribution in [0.4, 0.5) is 0 Å². The molecule has 0 aliphatic heterocycles. The third-order valence-electron chi connectivity index (χ3n) is 15.9. The summed E-state index contributed by atoms with van der Waals surface area (Å²) < 4.78 is 5.07. The number of phenolic OH excluding ortho intramolecular Hbond substituents is 6. The van der Waals surface area contributed by atoms with Crippen LogP contribution in [-0.2, 0) is 17.6 Å². The van der Waals surface area contributed by atoms with Crippen LogP contribution in [0.5, 0.6) is 40.2 Å². The molecule has 0 fully saturated rings. The van der Waals surface area contributed by atoms with E-state index in [1.165, 1.54) is 29.7 Å². The van der Waals surface area contributed by atoms with Crippen LogP contribution < -0.4 is 4.74 Å². The molecule has 0 spiro atoms. The Balaban J connectivity index is 0.000000566. The van der Waals surface area contributed by atoms with Crippen molar-refractivity contribution in [2.24, 2.45) is 5.41 Å². The van der Waals surface area contributed by atoms with Gasteiger partial charge in [-0.2, -0.15) is 0 Å². The Bertz CT molecular complexity index is 3260. The molecule has 4 atom stereocenters. The lowest BCUT2D eigenvalue weighted by Crippen LogP contribution is -2.25. The van der Waals surface area contributed by atoms with Gasteiger partial charge in [0.05, 0.1) is 18.8 Å². The second-order valence-corrected chi connectivity index (χ2v) is 27.9. The maximum atomic E-state index is 10.5. The second kappa shape index (κ2) is 44.2. The summed E-state index contributed by atoms with van der Waals surface area (Å²) in [5.41, 5.74) is 13.8. The van der Waals surface area contributed by atoms with Crippen molar-refractivity contribution in [1.82, 2.24) is 0 Å². The molecule has 0 amide bonds. The van der Waals surface area contributed by atoms with Crippen LogP contribution in [0.2, 0.25) is 0 Å². The third-order valence-corrected chi connectivity index (χ3v) is 15.9. The number of aliphatic hydroxyl groups is 2. The Hall–Kier alpha value is -7.53. The molecule has 0 aliphatic rings. The van der Waals surface area contributed by atoms with E-state index < -0.39 is 5.60 Å². The smallest absolute Gasteiger partial charge is 0.152 e. The highest BCUT2D eigenvalue weighted by Crippen LogP contribution is 2.34. The van der Waals surface area contributed by atoms with E-state index in [4.69, 9.17) is 9.84 Å². The summed E-state index contributed by atoms with van der Waals surface area (Å²) in [5.74, 6) is 4.01. The number of ether oxygens (including phenoxy) is 1. The molecular weight excluding hydrogens is 1170 g/mol. The van der Waals surface area contributed by atoms with Crippen LogP contribution >= 0.6 is 0 Å². The van der Waals surface area contributed by atoms with Crippen LogP contribution in [0.15, 0.2) is 156 Å². The van der Waals surface area contributed by atoms with Crippen molar-refractivity contribution in [3.05, 3.63) is 212 Å². The minimum atomic E-state index is -0.588. The van der Waals surface area contributed by atoms with E-state index in [0.717, 1.165) is 139 Å². The molecule has 0 bridgehead atoms. The van der Waals surface area contributed by atoms with E-state index in [1.54, 1.807) is 49.6 Å². The molecule has 0 heterocycles. The fourth-order valence-electron chi connectivity index (χ4n) is 9.93. The second-order valence-electron chi connectivity index (χ2n) is 27.9. The van der Waals surface area contributed by atoms with Crippen LogP contribution in [0.3, 0.4) is 0 Å². The summed E-state index contributed by atoms with van der Waals surface area (Å²) in [4.78, 5) is 10.5. The maximum absolute atomic E-state index is 10.5. The number of aryl methyl sites for hydroxylation is 6. The normalized spacial score (nSPS) is 12.1. The number of unbranched alkanes of at least 4 members (excludes halogenated alkanes) is 1. The van der Waals surface area contributed by atoms with Gasteiger partial charge in [-0.3, -0.25) is 4.79 Å². The highest BCUT2D eigenvalue weighted by atomic mass is 16.5. The predicted molar refractivity (Wildman–Crippen MR) is 397 cm³/mol. The first-order valence-electron chi connectivity index (χ1n) is 33.7. The number of aliphatic hydroxyl groups excluding tert-OH is 1. The average molecular weight is 1290 g/mol. The molecule has 0 aliphatic carbocycles. The van der Waals surface area contributed by atoms with E-state index >= 15 is 0 Å². The van der Waals surface area contributed by atoms with Crippen LogP contribution in [0.1, 0.15) is 248 Å². The summed E-state index contributed by atoms with van der Waals surface area (Å²) in [6.07, 6.45) is 22.3. The van der Waals surface area contributed by atoms with Gasteiger partial charge in [-0.25, -0.2) is 0 Å². The highest BCUT2D eigenvalue weighted by Gasteiger charge is 2.22. The van der Waals surface area contributed by atoms with Crippen molar-refractivity contribution in [2.75, 3.05) is 7.11 Å². The average Bonchev–Trinajstić information content (AvgIpc) is 0.915. The predicted octanol–water partition coefficient (Wildman–Crippen LogP) is 22.0. The highest BCUT2D eigenvalue weighted by molar-refractivity contribution is 5.91. The minimum absolute atomic E-state index is 0.0167. The Morgan fingerprint density at radius 3 is 1.22 bits per heavy atom. The number of carbonyl (C=O) groups is 1. The van der Waals surface area contributed by atoms with E-state index in [2.05, 4.69) is 92.7 Å². The van der Waals surface area contributed by atoms with Gasteiger partial charge in [-0.05, 0) is 294 Å². The molecule has 6 rings (SSSR count). The van der Waals surface area contributed by atoms with Crippen molar-refractivity contribution in [3.63, 3.8) is 0 Å². The summed E-state index contributed by atoms with van der Waals surface area (Å²) in [6.45, 7) is 38.3. The first-order valence-corrected chi connectivity index (χ1v) is 33.7. The van der Waals surface area contributed by atoms with Crippen molar-refractivity contribution >= 4 is 11.9 Å². The van der Waals surface area contributed by atoms with Gasteiger partial charge >= 0.3 is 0 Å². The number of hydrogen-bond donors (Lipinski definition) is 8. The number of carbonyl (C=O) groups excluding carboxylic acids is 1. The first kappa shape index (κ1) is 84.5. The van der Waals surface area contributed by atoms with Gasteiger partial charge in [0.1, 0.15) is 40.2 Å². The van der Waals surface area contributed by atoms with Crippen LogP contribution in [-0.4, -0.2) is 65.5 Å². The zero-order chi connectivity index (χ0) is 71.3. The van der Waals surface area contributed by atoms with Gasteiger partial charge in [0, 0.05) is 6.07 Å². The number of phenols is 6. The number of hydrogen-bond acceptors (Lipinski definition) is 10. The topological polar surface area (TPSA) is 188 Å². The molecule has 0 radical (unpaired) electrons. The SMILES string of the molecule is CC(=O)/C=C/c1ccc(O)cc1.CC(C)=CCCCc1ccc(C)cc1O.CC(C)=CCC[C@H](C)c1ccc(C)cc1O.COc1ccc(C(C)CCC=C(C)C)c(O)c1.Cc1ccc(CCCC(O)C(C)(C)C)c(O)c1.Cc1ccc([C@@H](C)CCCC(C)(C)O)c(O)c1. The van der Waals surface area contributed by atoms with Crippen molar-refractivity contribution in [1.29, 1.82) is 0 Å². The zero-order valence-electron chi connectivity index (χ0n) is 61.3. The van der Waals surface area contributed by atoms with Crippen molar-refractivity contribution in [2.45, 2.75) is 244 Å². The Labute approximate surface area is 568 Å². The molecule has 10 nitrogen and oxygen atoms in total. The molecule has 6 aromatic rings. The standard InChI is InChI=1S/2C15H24O2.C15H22O2.C15H22O.C14H20O.C10H10O2/c1-11-7-8-13(14(16)10-11)12(2)6-5-9-15(3,4)17;1-11-8-9-12(13(16)10-11)6-5-7-14(17)15(2,3)4;1-11(2)6-5-7-12(3)14-9-8-13(17-4)10-15(14)16;1-11(2)6-5-7-13(4)14-9-8-12(3)10-15(14)16;1-11(2)6-4-5-7-13-9-8-12(3)10-14(13)15;1-8(11)2-3-9-4-6-10(12)7-5-9/h7-8,10,12,16-17H,5-6,9H2,1-4H3;8-10,14,16-17H,5-7H2,1-4H3;6,8-10,12,16H,5,7H2,1-4H3;6,8-10,13,16H,5,7H2,1-4H3;6,8-10,15H,4-5,7H2,1-3H3;2-7,12H,1H3/b;;;;;3-2+/t12-;;;13-;;/m0..0../s1. The van der Waals surface area contributed by atoms with Crippen LogP contribution in [0.25, 0.3) is 6.08 Å². The van der Waals surface area contributed by atoms with Crippen LogP contribution in [0, 0.1) is 33.1 Å². The van der Waals surface area contributed by atoms with Gasteiger partial charge in [-0.1, -0.05) is 156 Å². The maximum Gasteiger partial charge on any atom is 0.152 e. The van der Waals surface area contributed by atoms with Gasteiger partial charge < -0.3 is 45.6 Å². The van der Waals surface area contributed by atoms with E-state index in [-0.39, 0.29) is 23.1 Å². The number of aromatic hydroxyl groups is 6. The quantitative estimate of drug-likeness (QED) is 0.0165. The van der Waals surface area contributed by atoms with Gasteiger partial charge in [0.15, 0.2) is 5.78 Å². The van der Waals surface area contributed by atoms with E-state index in [9.17, 15) is 40.5 Å². The Morgan fingerprint density at radius 1 is 0.468 bits per heavy atom. The van der Waals surface area contributed by atoms with Crippen molar-refractivity contribution in [3.8, 4) is 40.2 Å². The van der Waals surface area contributed by atoms with E-state index in [1.807, 2.05) is 129 Å². The van der Waals surface area contributed by atoms with Gasteiger partial charge in [0.25, 0.3) is 0 Å². The molecule has 6 aromatic carbocycles. The van der Waals surface area contributed by atoms with Crippen molar-refractivity contribution < 1.29 is 50.4 Å². The first-order chi connectivity index (χ1) is 43.9. The molecule has 0 saturated heterocycles. The lowest BCUT2D eigenvalue weighted by molar-refractivity contribution is -0.112. The Morgan fingerprint density at radius 2 is 0.851 bits per heavy atom. The fraction of sp³-hybridized carbons (Fsp3) is 0.464. The number of ketones is 1. The monoisotopic (exact) mass is 1290 g/mol. The lowest BCUT2D eigenvalue weighted by atomic mass is 9.86. The Kier molecular flexibility index (Phi) is 39.7. The summed E-state index contributed by atoms with van der Waals surface area (Å²) in [5, 5.41) is 77.6.